The lowest BCUT2D eigenvalue weighted by atomic mass is 10.0. The average molecular weight is 2150 g/mol. The van der Waals surface area contributed by atoms with E-state index in [4.69, 9.17) is 173 Å². The van der Waals surface area contributed by atoms with E-state index in [1.54, 1.807) is 84.3 Å². The number of aromatic nitrogens is 14. The van der Waals surface area contributed by atoms with Gasteiger partial charge in [-0.2, -0.15) is 20.4 Å². The Morgan fingerprint density at radius 3 is 1.10 bits per heavy atom. The summed E-state index contributed by atoms with van der Waals surface area (Å²) >= 11 is 70.4. The Bertz CT molecular complexity index is 7070. The molecule has 5 aliphatic heterocycles. The van der Waals surface area contributed by atoms with E-state index in [0.29, 0.717) is 179 Å². The minimum absolute atomic E-state index is 0.0909. The third kappa shape index (κ3) is 22.3. The van der Waals surface area contributed by atoms with Gasteiger partial charge in [0.15, 0.2) is 23.3 Å². The summed E-state index contributed by atoms with van der Waals surface area (Å²) in [5.74, 6) is 3.11. The van der Waals surface area contributed by atoms with Gasteiger partial charge in [-0.25, -0.2) is 53.5 Å². The Balaban J connectivity index is 0.000000125. The molecule has 5 saturated heterocycles. The molecule has 10 aromatic heterocycles. The van der Waals surface area contributed by atoms with Crippen molar-refractivity contribution in [3.05, 3.63) is 236 Å². The second-order valence-electron chi connectivity index (χ2n) is 32.1. The maximum Gasteiger partial charge on any atom is 0.229 e. The summed E-state index contributed by atoms with van der Waals surface area (Å²) in [7, 11) is 0. The molecular formula is C93H79Cl10FN24O5S5. The van der Waals surface area contributed by atoms with Crippen LogP contribution in [-0.4, -0.2) is 206 Å². The highest BCUT2D eigenvalue weighted by Crippen LogP contribution is 2.60. The zero-order valence-electron chi connectivity index (χ0n) is 73.7. The van der Waals surface area contributed by atoms with E-state index in [0.717, 1.165) is 151 Å². The van der Waals surface area contributed by atoms with Crippen LogP contribution < -0.4 is 24.5 Å². The molecule has 5 aliphatic rings. The molecular weight excluding hydrogens is 2070 g/mol. The molecule has 138 heavy (non-hydrogen) atoms. The summed E-state index contributed by atoms with van der Waals surface area (Å²) < 4.78 is 41.2. The zero-order valence-corrected chi connectivity index (χ0v) is 85.4. The normalized spacial score (nSPS) is 16.4. The Morgan fingerprint density at radius 2 is 0.754 bits per heavy atom. The molecule has 0 aliphatic carbocycles. The van der Waals surface area contributed by atoms with E-state index < -0.39 is 12.8 Å². The van der Waals surface area contributed by atoms with Gasteiger partial charge in [-0.1, -0.05) is 146 Å². The minimum atomic E-state index is -0.569. The zero-order chi connectivity index (χ0) is 97.2. The van der Waals surface area contributed by atoms with Crippen LogP contribution in [-0.2, 0) is 23.7 Å². The van der Waals surface area contributed by atoms with Gasteiger partial charge in [0.05, 0.1) is 134 Å². The van der Waals surface area contributed by atoms with Gasteiger partial charge in [0.2, 0.25) is 28.4 Å². The maximum atomic E-state index is 13.2. The number of aryl methyl sites for hydroxylation is 1. The Hall–Kier alpha value is -10.6. The predicted octanol–water partition coefficient (Wildman–Crippen LogP) is 27.7. The number of rotatable bonds is 16. The van der Waals surface area contributed by atoms with Gasteiger partial charge in [-0.3, -0.25) is 20.4 Å². The number of alkyl halides is 1. The maximum absolute atomic E-state index is 13.2. The summed E-state index contributed by atoms with van der Waals surface area (Å²) in [5.41, 5.74) is 10.8. The molecule has 15 heterocycles. The molecule has 20 rings (SSSR count). The molecule has 45 heteroatoms. The van der Waals surface area contributed by atoms with Crippen LogP contribution in [0.1, 0.15) is 39.8 Å². The lowest BCUT2D eigenvalue weighted by Gasteiger charge is -2.39. The van der Waals surface area contributed by atoms with Crippen LogP contribution in [0.15, 0.2) is 123 Å². The lowest BCUT2D eigenvalue weighted by molar-refractivity contribution is -0.0274. The first-order valence-corrected chi connectivity index (χ1v) is 50.4. The number of anilines is 5. The van der Waals surface area contributed by atoms with Gasteiger partial charge >= 0.3 is 0 Å². The summed E-state index contributed by atoms with van der Waals surface area (Å²) in [6.07, 6.45) is 8.07. The smallest absolute Gasteiger partial charge is 0.229 e. The second-order valence-corrected chi connectivity index (χ2v) is 41.3. The molecule has 29 nitrogen and oxygen atoms in total. The lowest BCUT2D eigenvalue weighted by Crippen LogP contribution is -2.48. The van der Waals surface area contributed by atoms with Gasteiger partial charge in [-0.05, 0) is 130 Å². The van der Waals surface area contributed by atoms with Crippen LogP contribution in [0.3, 0.4) is 0 Å². The van der Waals surface area contributed by atoms with Crippen LogP contribution in [0.25, 0.3) is 133 Å². The average Bonchev–Trinajstić information content (AvgIpc) is 1.62. The monoisotopic (exact) mass is 2140 g/mol. The first kappa shape index (κ1) is 100. The number of hydrogen-bond donors (Lipinski definition) is 5. The third-order valence-corrected chi connectivity index (χ3v) is 31.3. The van der Waals surface area contributed by atoms with Crippen LogP contribution in [0.4, 0.5) is 57.8 Å². The fourth-order valence-electron chi connectivity index (χ4n) is 16.0. The summed E-state index contributed by atoms with van der Waals surface area (Å²) in [4.78, 5) is 59.3. The van der Waals surface area contributed by atoms with E-state index in [-0.39, 0.29) is 17.7 Å². The van der Waals surface area contributed by atoms with Crippen LogP contribution >= 0.6 is 173 Å². The molecule has 0 saturated carbocycles. The van der Waals surface area contributed by atoms with Crippen molar-refractivity contribution >= 4 is 226 Å². The molecule has 5 fully saturated rings. The number of benzene rings is 5. The van der Waals surface area contributed by atoms with Crippen LogP contribution in [0.2, 0.25) is 50.2 Å². The number of ether oxygens (including phenoxy) is 5. The summed E-state index contributed by atoms with van der Waals surface area (Å²) in [5, 5.41) is 36.9. The number of H-pyrrole nitrogens is 5. The quantitative estimate of drug-likeness (QED) is 0.0562. The summed E-state index contributed by atoms with van der Waals surface area (Å²) in [6.45, 7) is 59.5. The van der Waals surface area contributed by atoms with Gasteiger partial charge in [0.25, 0.3) is 0 Å². The number of thiophene rings is 5. The topological polar surface area (TPSA) is 279 Å². The van der Waals surface area contributed by atoms with Crippen molar-refractivity contribution < 1.29 is 28.1 Å². The van der Waals surface area contributed by atoms with Crippen molar-refractivity contribution in [1.29, 1.82) is 0 Å². The molecule has 15 aromatic rings. The Kier molecular flexibility index (Phi) is 33.0. The number of halogens is 11. The van der Waals surface area contributed by atoms with Gasteiger partial charge in [0.1, 0.15) is 43.9 Å². The number of morpholine rings is 4. The van der Waals surface area contributed by atoms with Crippen molar-refractivity contribution in [2.45, 2.75) is 64.9 Å². The largest absolute Gasteiger partial charge is 0.380 e. The van der Waals surface area contributed by atoms with Crippen molar-refractivity contribution in [1.82, 2.24) is 70.7 Å². The molecule has 5 N–H and O–H groups in total. The van der Waals surface area contributed by atoms with E-state index in [1.165, 1.54) is 70.7 Å². The minimum Gasteiger partial charge on any atom is -0.380 e. The number of hydrogen-bond acceptors (Lipinski definition) is 24. The first-order valence-electron chi connectivity index (χ1n) is 42.6. The Labute approximate surface area is 863 Å². The van der Waals surface area contributed by atoms with Gasteiger partial charge in [0, 0.05) is 161 Å². The van der Waals surface area contributed by atoms with E-state index >= 15 is 0 Å². The molecule has 5 aromatic carbocycles. The molecule has 0 radical (unpaired) electrons. The standard InChI is InChI=1S/2C19H17Cl2N5OS.C19H16Cl2N4OS.C18H14Cl2FN5OS.C18H15Cl2N5OS/c1-10-8-27-11(2)7-26(10)19-16(22-3)15(13-5-4-12(20)6-14(13)21)17(28-19)18-23-9-24-25-18;1-19(2)9-26(6-7-27-19)18-15(22-3)14(12-5-4-11(20)8-13(12)21)16(28-18)17-23-10-24-25-17;1-11-10-23-18(24-11)17-15(13-4-3-12(20)9-14(13)21)16(22-2)19(27-17)25-5-7-26-8-6-25;1-22-15-14(12-3-2-10(19)6-13(12)20)16(17-23-9-24-25-17)28-18(15)26-4-5-27-11(7-21)8-26;1-21-15-14(12-4-3-11(19)9-13(12)20)16(17-22-10-23-24-17)27-18(15)25-5-2-7-26-8-6-25/h4-6,9-11H,7-8H2,1-2H3,(H,23,24,25);4-5,8,10H,6-7,9H2,1-2H3,(H,23,24,25);3-4,9-10H,5-8H2,1H3,(H,23,24);2-3,6,9,11H,4-5,7-8H2,(H,23,24,25);3-4,9-10H,2,5-8H2,(H,22,23,24)/t10?,11-;;;;/m1..../s1. The summed E-state index contributed by atoms with van der Waals surface area (Å²) in [6, 6.07) is 26.6. The first-order chi connectivity index (χ1) is 66.8. The SMILES string of the molecule is [C-]#[N+]c1c(N2CCCOCC2)sc(-c2ncn[nH]2)c1-c1ccc(Cl)cc1Cl.[C-]#[N+]c1c(N2CCOC(C)(C)C2)sc(-c2ncn[nH]2)c1-c1ccc(Cl)cc1Cl.[C-]#[N+]c1c(N2CCOC(CF)C2)sc(-c2ncn[nH]2)c1-c1ccc(Cl)cc1Cl.[C-]#[N+]c1c(N2CCOCC2)sc(-c2ncc(C)[nH]2)c1-c1ccc(Cl)cc1Cl.[C-]#[N+]c1c(N2C[C@@H](C)OCC2C)sc(-c2ncn[nH]2)c1-c1ccc(Cl)cc1Cl. The fourth-order valence-corrected chi connectivity index (χ4v) is 24.8. The molecule has 3 atom stereocenters. The number of imidazole rings is 1. The van der Waals surface area contributed by atoms with E-state index in [9.17, 15) is 4.39 Å². The van der Waals surface area contributed by atoms with E-state index in [1.807, 2.05) is 43.0 Å². The van der Waals surface area contributed by atoms with Gasteiger partial charge < -0.3 is 53.2 Å². The molecule has 0 amide bonds. The fraction of sp³-hybridized carbons (Fsp3) is 0.290. The van der Waals surface area contributed by atoms with Crippen molar-refractivity contribution in [3.8, 4) is 109 Å². The van der Waals surface area contributed by atoms with Crippen LogP contribution in [0.5, 0.6) is 0 Å². The highest BCUT2D eigenvalue weighted by atomic mass is 35.5. The second kappa shape index (κ2) is 45.4. The Morgan fingerprint density at radius 1 is 0.413 bits per heavy atom. The highest BCUT2D eigenvalue weighted by molar-refractivity contribution is 7.22. The van der Waals surface area contributed by atoms with Gasteiger partial charge in [-0.15, -0.1) is 56.7 Å². The molecule has 708 valence electrons. The van der Waals surface area contributed by atoms with Crippen molar-refractivity contribution in [2.24, 2.45) is 0 Å². The molecule has 0 bridgehead atoms. The molecule has 2 unspecified atom stereocenters. The number of nitrogens with zero attached hydrogens (tertiary/aromatic N) is 19. The number of nitrogens with one attached hydrogen (secondary N) is 5. The third-order valence-electron chi connectivity index (χ3n) is 22.3. The van der Waals surface area contributed by atoms with Crippen LogP contribution in [0, 0.1) is 39.8 Å². The van der Waals surface area contributed by atoms with Crippen molar-refractivity contribution in [2.75, 3.05) is 136 Å². The molecule has 0 spiro atoms. The number of aromatic amines is 5. The van der Waals surface area contributed by atoms with E-state index in [2.05, 4.69) is 135 Å². The predicted molar refractivity (Wildman–Crippen MR) is 557 cm³/mol. The van der Waals surface area contributed by atoms with Crippen molar-refractivity contribution in [3.63, 3.8) is 0 Å². The highest BCUT2D eigenvalue weighted by Gasteiger charge is 2.38.